The smallest absolute Gasteiger partial charge is 0.296 e. The van der Waals surface area contributed by atoms with Gasteiger partial charge < -0.3 is 9.84 Å². The van der Waals surface area contributed by atoms with Crippen molar-refractivity contribution in [3.63, 3.8) is 0 Å². The molecule has 1 atom stereocenters. The number of aliphatic hydroxyl groups is 1. The SMILES string of the molecule is CCOc1ccc2nc(N3C(=O)C(O)=C(C(=O)c4cccs4)C3c3ccc(CC)cc3)sc2c1. The first kappa shape index (κ1) is 22.3. The third-order valence-electron chi connectivity index (χ3n) is 5.77. The number of carbonyl (C=O) groups excluding carboxylic acids is 2. The zero-order valence-corrected chi connectivity index (χ0v) is 20.3. The zero-order valence-electron chi connectivity index (χ0n) is 18.6. The number of fused-ring (bicyclic) bond motifs is 1. The summed E-state index contributed by atoms with van der Waals surface area (Å²) in [5.74, 6) is -0.794. The summed E-state index contributed by atoms with van der Waals surface area (Å²) in [6.07, 6.45) is 0.871. The standard InChI is InChI=1S/C26H22N2O4S2/c1-3-15-7-9-16(10-8-15)22-21(23(29)19-6-5-13-33-19)24(30)25(31)28(22)26-27-18-12-11-17(32-4-2)14-20(18)34-26/h5-14,22,30H,3-4H2,1-2H3. The number of Topliss-reactive ketones (excluding diaryl/α,β-unsaturated/α-hetero) is 1. The maximum atomic E-state index is 13.4. The lowest BCUT2D eigenvalue weighted by Gasteiger charge is -2.24. The number of hydrogen-bond donors (Lipinski definition) is 1. The topological polar surface area (TPSA) is 79.7 Å². The van der Waals surface area contributed by atoms with Gasteiger partial charge in [-0.25, -0.2) is 4.98 Å². The fraction of sp³-hybridized carbons (Fsp3) is 0.192. The molecule has 5 rings (SSSR count). The number of amides is 1. The average Bonchev–Trinajstić information content (AvgIpc) is 3.58. The highest BCUT2D eigenvalue weighted by molar-refractivity contribution is 7.22. The molecule has 3 heterocycles. The van der Waals surface area contributed by atoms with Crippen LogP contribution in [0.3, 0.4) is 0 Å². The Hall–Kier alpha value is -3.49. The van der Waals surface area contributed by atoms with Crippen molar-refractivity contribution in [1.29, 1.82) is 0 Å². The molecule has 0 aliphatic carbocycles. The summed E-state index contributed by atoms with van der Waals surface area (Å²) < 4.78 is 6.45. The van der Waals surface area contributed by atoms with Gasteiger partial charge in [0.05, 0.1) is 33.3 Å². The van der Waals surface area contributed by atoms with Crippen LogP contribution in [0, 0.1) is 0 Å². The number of anilines is 1. The third kappa shape index (κ3) is 3.78. The molecule has 0 spiro atoms. The molecule has 2 aromatic carbocycles. The van der Waals surface area contributed by atoms with Crippen LogP contribution < -0.4 is 9.64 Å². The second kappa shape index (κ2) is 9.04. The number of benzene rings is 2. The Balaban J connectivity index is 1.64. The maximum Gasteiger partial charge on any atom is 0.296 e. The minimum atomic E-state index is -0.778. The van der Waals surface area contributed by atoms with E-state index in [2.05, 4.69) is 11.9 Å². The summed E-state index contributed by atoms with van der Waals surface area (Å²) in [7, 11) is 0. The average molecular weight is 491 g/mol. The van der Waals surface area contributed by atoms with E-state index in [9.17, 15) is 14.7 Å². The number of thiazole rings is 1. The molecule has 4 aromatic rings. The number of ketones is 1. The lowest BCUT2D eigenvalue weighted by molar-refractivity contribution is -0.117. The molecule has 1 amide bonds. The molecule has 0 saturated heterocycles. The molecule has 1 N–H and O–H groups in total. The van der Waals surface area contributed by atoms with Crippen LogP contribution in [0.5, 0.6) is 5.75 Å². The quantitative estimate of drug-likeness (QED) is 0.317. The number of rotatable bonds is 7. The summed E-state index contributed by atoms with van der Waals surface area (Å²) in [5.41, 5.74) is 2.67. The number of carbonyl (C=O) groups is 2. The van der Waals surface area contributed by atoms with Crippen molar-refractivity contribution in [2.45, 2.75) is 26.3 Å². The molecule has 1 aliphatic heterocycles. The number of ether oxygens (including phenoxy) is 1. The largest absolute Gasteiger partial charge is 0.503 e. The highest BCUT2D eigenvalue weighted by Gasteiger charge is 2.46. The van der Waals surface area contributed by atoms with Crippen molar-refractivity contribution >= 4 is 49.7 Å². The molecule has 2 aromatic heterocycles. The second-order valence-electron chi connectivity index (χ2n) is 7.80. The van der Waals surface area contributed by atoms with E-state index in [1.54, 1.807) is 17.5 Å². The van der Waals surface area contributed by atoms with E-state index in [1.165, 1.54) is 27.6 Å². The molecule has 8 heteroatoms. The molecular weight excluding hydrogens is 468 g/mol. The summed E-state index contributed by atoms with van der Waals surface area (Å²) in [5, 5.41) is 13.1. The zero-order chi connectivity index (χ0) is 23.8. The summed E-state index contributed by atoms with van der Waals surface area (Å²) in [4.78, 5) is 33.3. The van der Waals surface area contributed by atoms with Gasteiger partial charge in [-0.1, -0.05) is 48.6 Å². The fourth-order valence-electron chi connectivity index (χ4n) is 4.08. The first-order valence-electron chi connectivity index (χ1n) is 11.0. The van der Waals surface area contributed by atoms with E-state index >= 15 is 0 Å². The molecule has 172 valence electrons. The first-order valence-corrected chi connectivity index (χ1v) is 12.7. The van der Waals surface area contributed by atoms with E-state index in [-0.39, 0.29) is 11.4 Å². The molecule has 6 nitrogen and oxygen atoms in total. The third-order valence-corrected chi connectivity index (χ3v) is 7.65. The summed E-state index contributed by atoms with van der Waals surface area (Å²) in [6.45, 7) is 4.53. The van der Waals surface area contributed by atoms with Gasteiger partial charge in [0.25, 0.3) is 5.91 Å². The highest BCUT2D eigenvalue weighted by Crippen LogP contribution is 2.44. The van der Waals surface area contributed by atoms with Gasteiger partial charge in [0, 0.05) is 0 Å². The van der Waals surface area contributed by atoms with Crippen molar-refractivity contribution in [1.82, 2.24) is 4.98 Å². The molecule has 1 aliphatic rings. The van der Waals surface area contributed by atoms with Crippen LogP contribution in [0.2, 0.25) is 0 Å². The van der Waals surface area contributed by atoms with Gasteiger partial charge in [0.15, 0.2) is 10.9 Å². The summed E-state index contributed by atoms with van der Waals surface area (Å²) in [6, 6.07) is 16.0. The highest BCUT2D eigenvalue weighted by atomic mass is 32.1. The minimum absolute atomic E-state index is 0.0750. The number of aromatic nitrogens is 1. The molecule has 34 heavy (non-hydrogen) atoms. The van der Waals surface area contributed by atoms with Gasteiger partial charge in [-0.05, 0) is 54.1 Å². The van der Waals surface area contributed by atoms with Crippen molar-refractivity contribution < 1.29 is 19.4 Å². The van der Waals surface area contributed by atoms with E-state index in [4.69, 9.17) is 4.74 Å². The van der Waals surface area contributed by atoms with E-state index in [0.29, 0.717) is 22.1 Å². The Bertz CT molecular complexity index is 1400. The van der Waals surface area contributed by atoms with Gasteiger partial charge in [-0.15, -0.1) is 11.3 Å². The Labute approximate surface area is 204 Å². The van der Waals surface area contributed by atoms with Gasteiger partial charge >= 0.3 is 0 Å². The lowest BCUT2D eigenvalue weighted by atomic mass is 9.94. The molecule has 0 bridgehead atoms. The monoisotopic (exact) mass is 490 g/mol. The Morgan fingerprint density at radius 1 is 1.15 bits per heavy atom. The fourth-order valence-corrected chi connectivity index (χ4v) is 5.78. The molecule has 0 saturated carbocycles. The van der Waals surface area contributed by atoms with Crippen molar-refractivity contribution in [3.8, 4) is 5.75 Å². The number of aryl methyl sites for hydroxylation is 1. The number of hydrogen-bond acceptors (Lipinski definition) is 7. The molecular formula is C26H22N2O4S2. The van der Waals surface area contributed by atoms with Crippen molar-refractivity contribution in [2.24, 2.45) is 0 Å². The maximum absolute atomic E-state index is 13.4. The van der Waals surface area contributed by atoms with E-state index < -0.39 is 17.7 Å². The predicted octanol–water partition coefficient (Wildman–Crippen LogP) is 6.10. The Morgan fingerprint density at radius 2 is 1.94 bits per heavy atom. The van der Waals surface area contributed by atoms with Crippen molar-refractivity contribution in [3.05, 3.63) is 87.3 Å². The first-order chi connectivity index (χ1) is 16.5. The minimum Gasteiger partial charge on any atom is -0.503 e. The van der Waals surface area contributed by atoms with E-state index in [1.807, 2.05) is 49.4 Å². The Kier molecular flexibility index (Phi) is 5.93. The van der Waals surface area contributed by atoms with Crippen LogP contribution in [0.15, 0.2) is 71.3 Å². The van der Waals surface area contributed by atoms with Gasteiger partial charge in [0.2, 0.25) is 5.78 Å². The van der Waals surface area contributed by atoms with E-state index in [0.717, 1.165) is 28.0 Å². The predicted molar refractivity (Wildman–Crippen MR) is 135 cm³/mol. The van der Waals surface area contributed by atoms with Crippen LogP contribution in [0.4, 0.5) is 5.13 Å². The number of thiophene rings is 1. The van der Waals surface area contributed by atoms with Crippen LogP contribution in [-0.2, 0) is 11.2 Å². The number of nitrogens with zero attached hydrogens (tertiary/aromatic N) is 2. The molecule has 0 radical (unpaired) electrons. The lowest BCUT2D eigenvalue weighted by Crippen LogP contribution is -2.30. The molecule has 1 unspecified atom stereocenters. The number of aliphatic hydroxyl groups excluding tert-OH is 1. The van der Waals surface area contributed by atoms with Crippen LogP contribution in [0.25, 0.3) is 10.2 Å². The van der Waals surface area contributed by atoms with Gasteiger partial charge in [0.1, 0.15) is 5.75 Å². The Morgan fingerprint density at radius 3 is 2.62 bits per heavy atom. The molecule has 0 fully saturated rings. The van der Waals surface area contributed by atoms with Crippen LogP contribution in [-0.4, -0.2) is 28.4 Å². The second-order valence-corrected chi connectivity index (χ2v) is 9.76. The van der Waals surface area contributed by atoms with Crippen LogP contribution in [0.1, 0.15) is 40.7 Å². The van der Waals surface area contributed by atoms with Crippen molar-refractivity contribution in [2.75, 3.05) is 11.5 Å². The summed E-state index contributed by atoms with van der Waals surface area (Å²) >= 11 is 2.61. The normalized spacial score (nSPS) is 16.0. The van der Waals surface area contributed by atoms with Gasteiger partial charge in [-0.2, -0.15) is 0 Å². The van der Waals surface area contributed by atoms with Crippen LogP contribution >= 0.6 is 22.7 Å². The van der Waals surface area contributed by atoms with Gasteiger partial charge in [-0.3, -0.25) is 14.5 Å².